The molecule has 0 aromatic heterocycles. The van der Waals surface area contributed by atoms with Crippen LogP contribution < -0.4 is 5.32 Å². The number of aliphatic hydroxyl groups is 4. The Morgan fingerprint density at radius 3 is 0.960 bits per heavy atom. The summed E-state index contributed by atoms with van der Waals surface area (Å²) >= 11 is 0. The zero-order chi connectivity index (χ0) is 36.8. The first-order valence-electron chi connectivity index (χ1n) is 22.4. The van der Waals surface area contributed by atoms with E-state index in [2.05, 4.69) is 19.2 Å². The van der Waals surface area contributed by atoms with E-state index in [0.717, 1.165) is 38.5 Å². The molecular formula is C44H89NO5. The Hall–Kier alpha value is -0.690. The summed E-state index contributed by atoms with van der Waals surface area (Å²) in [5.74, 6) is -0.579. The lowest BCUT2D eigenvalue weighted by molar-refractivity contribution is -0.132. The molecule has 0 spiro atoms. The molecule has 0 aliphatic rings. The minimum atomic E-state index is -1.25. The van der Waals surface area contributed by atoms with Crippen molar-refractivity contribution < 1.29 is 25.2 Å². The summed E-state index contributed by atoms with van der Waals surface area (Å²) in [6.45, 7) is 4.07. The first kappa shape index (κ1) is 49.3. The van der Waals surface area contributed by atoms with Gasteiger partial charge in [-0.15, -0.1) is 0 Å². The van der Waals surface area contributed by atoms with Crippen LogP contribution >= 0.6 is 0 Å². The van der Waals surface area contributed by atoms with E-state index in [0.29, 0.717) is 12.8 Å². The molecule has 0 aliphatic carbocycles. The Labute approximate surface area is 311 Å². The first-order chi connectivity index (χ1) is 24.5. The fourth-order valence-corrected chi connectivity index (χ4v) is 7.23. The molecule has 0 aliphatic heterocycles. The zero-order valence-electron chi connectivity index (χ0n) is 33.7. The maximum absolute atomic E-state index is 12.5. The summed E-state index contributed by atoms with van der Waals surface area (Å²) in [5.41, 5.74) is 0. The molecule has 300 valence electrons. The molecule has 6 heteroatoms. The first-order valence-corrected chi connectivity index (χ1v) is 22.4. The van der Waals surface area contributed by atoms with Crippen LogP contribution in [0.5, 0.6) is 0 Å². The Balaban J connectivity index is 3.69. The van der Waals surface area contributed by atoms with Gasteiger partial charge in [-0.2, -0.15) is 0 Å². The van der Waals surface area contributed by atoms with Crippen molar-refractivity contribution in [2.24, 2.45) is 0 Å². The summed E-state index contributed by atoms with van der Waals surface area (Å²) < 4.78 is 0. The topological polar surface area (TPSA) is 110 Å². The monoisotopic (exact) mass is 712 g/mol. The van der Waals surface area contributed by atoms with E-state index in [-0.39, 0.29) is 0 Å². The number of carbonyl (C=O) groups is 1. The van der Waals surface area contributed by atoms with Gasteiger partial charge in [0.2, 0.25) is 5.91 Å². The Morgan fingerprint density at radius 2 is 0.680 bits per heavy atom. The number of carbonyl (C=O) groups excluding carboxylic acids is 1. The standard InChI is InChI=1S/C44H89NO5/c1-3-5-7-9-11-13-15-17-19-20-21-22-24-25-27-29-31-33-35-37-41(47)43(49)40(39-46)45-44(50)42(48)38-36-34-32-30-28-26-23-18-16-14-12-10-8-6-4-2/h40-43,46-49H,3-39H2,1-2H3,(H,45,50)/t40-,41+,42-,43-/m0/s1. The Kier molecular flexibility index (Phi) is 39.0. The van der Waals surface area contributed by atoms with Crippen molar-refractivity contribution in [2.45, 2.75) is 269 Å². The average Bonchev–Trinajstić information content (AvgIpc) is 3.12. The number of nitrogens with one attached hydrogen (secondary N) is 1. The van der Waals surface area contributed by atoms with Crippen LogP contribution in [0, 0.1) is 0 Å². The van der Waals surface area contributed by atoms with Gasteiger partial charge in [-0.25, -0.2) is 0 Å². The van der Waals surface area contributed by atoms with Gasteiger partial charge < -0.3 is 25.7 Å². The highest BCUT2D eigenvalue weighted by atomic mass is 16.3. The van der Waals surface area contributed by atoms with E-state index in [1.807, 2.05) is 0 Å². The van der Waals surface area contributed by atoms with Gasteiger partial charge in [0.25, 0.3) is 0 Å². The molecule has 50 heavy (non-hydrogen) atoms. The molecule has 6 nitrogen and oxygen atoms in total. The summed E-state index contributed by atoms with van der Waals surface area (Å²) in [6.07, 6.45) is 41.3. The molecule has 0 aromatic carbocycles. The van der Waals surface area contributed by atoms with Gasteiger partial charge in [-0.05, 0) is 12.8 Å². The van der Waals surface area contributed by atoms with Crippen LogP contribution in [0.15, 0.2) is 0 Å². The van der Waals surface area contributed by atoms with Crippen molar-refractivity contribution >= 4 is 5.91 Å². The van der Waals surface area contributed by atoms with Crippen molar-refractivity contribution in [3.63, 3.8) is 0 Å². The van der Waals surface area contributed by atoms with Crippen LogP contribution in [0.4, 0.5) is 0 Å². The van der Waals surface area contributed by atoms with Crippen molar-refractivity contribution in [1.82, 2.24) is 5.32 Å². The molecule has 0 fully saturated rings. The van der Waals surface area contributed by atoms with E-state index in [1.165, 1.54) is 180 Å². The van der Waals surface area contributed by atoms with Crippen molar-refractivity contribution in [3.8, 4) is 0 Å². The minimum Gasteiger partial charge on any atom is -0.394 e. The van der Waals surface area contributed by atoms with Gasteiger partial charge >= 0.3 is 0 Å². The highest BCUT2D eigenvalue weighted by Gasteiger charge is 2.28. The Morgan fingerprint density at radius 1 is 0.420 bits per heavy atom. The van der Waals surface area contributed by atoms with E-state index >= 15 is 0 Å². The molecule has 0 aromatic rings. The van der Waals surface area contributed by atoms with Crippen molar-refractivity contribution in [2.75, 3.05) is 6.61 Å². The van der Waals surface area contributed by atoms with Gasteiger partial charge in [-0.3, -0.25) is 4.79 Å². The molecule has 0 saturated carbocycles. The molecule has 4 atom stereocenters. The summed E-state index contributed by atoms with van der Waals surface area (Å²) in [6, 6.07) is -0.978. The number of hydrogen-bond acceptors (Lipinski definition) is 5. The highest BCUT2D eigenvalue weighted by molar-refractivity contribution is 5.80. The van der Waals surface area contributed by atoms with Gasteiger partial charge in [0.05, 0.1) is 18.8 Å². The fourth-order valence-electron chi connectivity index (χ4n) is 7.23. The number of amides is 1. The van der Waals surface area contributed by atoms with E-state index < -0.39 is 36.9 Å². The zero-order valence-corrected chi connectivity index (χ0v) is 33.7. The lowest BCUT2D eigenvalue weighted by Gasteiger charge is -2.27. The minimum absolute atomic E-state index is 0.375. The quantitative estimate of drug-likeness (QED) is 0.0406. The van der Waals surface area contributed by atoms with E-state index in [1.54, 1.807) is 0 Å². The third kappa shape index (κ3) is 33.2. The van der Waals surface area contributed by atoms with Gasteiger partial charge in [0, 0.05) is 0 Å². The molecule has 0 unspecified atom stereocenters. The lowest BCUT2D eigenvalue weighted by atomic mass is 9.99. The smallest absolute Gasteiger partial charge is 0.249 e. The normalized spacial score (nSPS) is 14.1. The van der Waals surface area contributed by atoms with Crippen LogP contribution in [-0.2, 0) is 4.79 Å². The summed E-state index contributed by atoms with van der Waals surface area (Å²) in [4.78, 5) is 12.5. The van der Waals surface area contributed by atoms with Gasteiger partial charge in [0.15, 0.2) is 0 Å². The van der Waals surface area contributed by atoms with Crippen LogP contribution in [0.25, 0.3) is 0 Å². The van der Waals surface area contributed by atoms with Crippen LogP contribution in [-0.4, -0.2) is 57.3 Å². The highest BCUT2D eigenvalue weighted by Crippen LogP contribution is 2.17. The molecule has 1 amide bonds. The fraction of sp³-hybridized carbons (Fsp3) is 0.977. The number of rotatable bonds is 41. The SMILES string of the molecule is CCCCCCCCCCCCCCCCCCCCC[C@@H](O)[C@@H](O)[C@H](CO)NC(=O)[C@@H](O)CCCCCCCCCCCCCCCCC. The maximum atomic E-state index is 12.5. The second-order valence-corrected chi connectivity index (χ2v) is 15.8. The summed E-state index contributed by atoms with van der Waals surface area (Å²) in [5, 5.41) is 43.7. The number of unbranched alkanes of at least 4 members (excludes halogenated alkanes) is 32. The largest absolute Gasteiger partial charge is 0.394 e. The van der Waals surface area contributed by atoms with Crippen molar-refractivity contribution in [3.05, 3.63) is 0 Å². The molecular weight excluding hydrogens is 622 g/mol. The van der Waals surface area contributed by atoms with E-state index in [9.17, 15) is 25.2 Å². The second kappa shape index (κ2) is 39.5. The average molecular weight is 712 g/mol. The van der Waals surface area contributed by atoms with Gasteiger partial charge in [-0.1, -0.05) is 232 Å². The molecule has 0 rings (SSSR count). The molecule has 5 N–H and O–H groups in total. The third-order valence-corrected chi connectivity index (χ3v) is 10.8. The van der Waals surface area contributed by atoms with Gasteiger partial charge in [0.1, 0.15) is 12.2 Å². The van der Waals surface area contributed by atoms with Crippen LogP contribution in [0.2, 0.25) is 0 Å². The summed E-state index contributed by atoms with van der Waals surface area (Å²) in [7, 11) is 0. The Bertz CT molecular complexity index is 677. The maximum Gasteiger partial charge on any atom is 0.249 e. The predicted molar refractivity (Wildman–Crippen MR) is 215 cm³/mol. The molecule has 0 bridgehead atoms. The van der Waals surface area contributed by atoms with Crippen LogP contribution in [0.1, 0.15) is 245 Å². The van der Waals surface area contributed by atoms with E-state index in [4.69, 9.17) is 0 Å². The molecule has 0 heterocycles. The second-order valence-electron chi connectivity index (χ2n) is 15.8. The predicted octanol–water partition coefficient (Wildman–Crippen LogP) is 11.6. The number of aliphatic hydroxyl groups excluding tert-OH is 4. The van der Waals surface area contributed by atoms with Crippen molar-refractivity contribution in [1.29, 1.82) is 0 Å². The van der Waals surface area contributed by atoms with Crippen LogP contribution in [0.3, 0.4) is 0 Å². The number of hydrogen-bond donors (Lipinski definition) is 5. The molecule has 0 radical (unpaired) electrons. The molecule has 0 saturated heterocycles. The lowest BCUT2D eigenvalue weighted by Crippen LogP contribution is -2.53. The third-order valence-electron chi connectivity index (χ3n) is 10.8.